The predicted octanol–water partition coefficient (Wildman–Crippen LogP) is 3.75. The Labute approximate surface area is 142 Å². The van der Waals surface area contributed by atoms with Crippen molar-refractivity contribution in [2.75, 3.05) is 0 Å². The van der Waals surface area contributed by atoms with Gasteiger partial charge in [-0.15, -0.1) is 0 Å². The average Bonchev–Trinajstić information content (AvgIpc) is 2.47. The van der Waals surface area contributed by atoms with E-state index in [-0.39, 0.29) is 18.4 Å². The fourth-order valence-electron chi connectivity index (χ4n) is 2.05. The summed E-state index contributed by atoms with van der Waals surface area (Å²) in [6.07, 6.45) is 0.0758. The fraction of sp³-hybridized carbons (Fsp3) is 0.294. The van der Waals surface area contributed by atoms with Crippen molar-refractivity contribution in [2.45, 2.75) is 32.2 Å². The maximum atomic E-state index is 12.1. The van der Waals surface area contributed by atoms with Crippen LogP contribution in [0.5, 0.6) is 5.75 Å². The molecule has 0 fully saturated rings. The highest BCUT2D eigenvalue weighted by molar-refractivity contribution is 7.88. The lowest BCUT2D eigenvalue weighted by atomic mass is 10.2. The normalized spacial score (nSPS) is 11.7. The third-order valence-corrected chi connectivity index (χ3v) is 4.59. The zero-order valence-electron chi connectivity index (χ0n) is 13.1. The van der Waals surface area contributed by atoms with Crippen LogP contribution in [0.4, 0.5) is 0 Å². The van der Waals surface area contributed by atoms with E-state index in [1.54, 1.807) is 24.3 Å². The third-order valence-electron chi connectivity index (χ3n) is 3.04. The Morgan fingerprint density at radius 3 is 2.43 bits per heavy atom. The smallest absolute Gasteiger partial charge is 0.216 e. The molecule has 0 unspecified atom stereocenters. The van der Waals surface area contributed by atoms with Gasteiger partial charge in [0.05, 0.1) is 11.9 Å². The summed E-state index contributed by atoms with van der Waals surface area (Å²) >= 11 is 5.80. The van der Waals surface area contributed by atoms with Crippen molar-refractivity contribution in [3.05, 3.63) is 64.7 Å². The highest BCUT2D eigenvalue weighted by Gasteiger charge is 2.11. The van der Waals surface area contributed by atoms with Crippen molar-refractivity contribution in [2.24, 2.45) is 0 Å². The van der Waals surface area contributed by atoms with Gasteiger partial charge in [-0.3, -0.25) is 0 Å². The van der Waals surface area contributed by atoms with Crippen LogP contribution in [0.25, 0.3) is 0 Å². The van der Waals surface area contributed by atoms with Gasteiger partial charge in [-0.25, -0.2) is 13.1 Å². The summed E-state index contributed by atoms with van der Waals surface area (Å²) in [7, 11) is -3.42. The quantitative estimate of drug-likeness (QED) is 0.824. The van der Waals surface area contributed by atoms with E-state index in [0.717, 1.165) is 11.3 Å². The summed E-state index contributed by atoms with van der Waals surface area (Å²) in [5, 5.41) is 0.584. The van der Waals surface area contributed by atoms with Crippen molar-refractivity contribution in [1.29, 1.82) is 0 Å². The Kier molecular flexibility index (Phi) is 6.04. The van der Waals surface area contributed by atoms with E-state index in [1.165, 1.54) is 0 Å². The highest BCUT2D eigenvalue weighted by atomic mass is 35.5. The summed E-state index contributed by atoms with van der Waals surface area (Å²) in [5.74, 6) is 0.654. The first-order valence-electron chi connectivity index (χ1n) is 7.31. The van der Waals surface area contributed by atoms with E-state index in [9.17, 15) is 8.42 Å². The van der Waals surface area contributed by atoms with Crippen LogP contribution >= 0.6 is 11.6 Å². The molecule has 1 N–H and O–H groups in total. The Morgan fingerprint density at radius 1 is 1.09 bits per heavy atom. The van der Waals surface area contributed by atoms with Crippen LogP contribution < -0.4 is 9.46 Å². The topological polar surface area (TPSA) is 55.4 Å². The molecule has 0 amide bonds. The first-order chi connectivity index (χ1) is 10.8. The summed E-state index contributed by atoms with van der Waals surface area (Å²) in [4.78, 5) is 0. The average molecular weight is 354 g/mol. The van der Waals surface area contributed by atoms with Gasteiger partial charge in [-0.2, -0.15) is 0 Å². The third kappa shape index (κ3) is 6.22. The van der Waals surface area contributed by atoms with Crippen molar-refractivity contribution in [3.63, 3.8) is 0 Å². The molecule has 0 radical (unpaired) electrons. The van der Waals surface area contributed by atoms with Crippen LogP contribution in [-0.4, -0.2) is 14.5 Å². The Bertz CT molecular complexity index is 743. The van der Waals surface area contributed by atoms with Crippen molar-refractivity contribution >= 4 is 21.6 Å². The van der Waals surface area contributed by atoms with Crippen LogP contribution in [0.2, 0.25) is 5.02 Å². The molecular weight excluding hydrogens is 334 g/mol. The number of benzene rings is 2. The van der Waals surface area contributed by atoms with Gasteiger partial charge in [-0.1, -0.05) is 35.9 Å². The SMILES string of the molecule is CC(C)Oc1cccc(CNS(=O)(=O)Cc2ccc(Cl)cc2)c1. The molecule has 2 aromatic carbocycles. The molecule has 0 aromatic heterocycles. The van der Waals surface area contributed by atoms with Gasteiger partial charge in [0.1, 0.15) is 5.75 Å². The molecule has 23 heavy (non-hydrogen) atoms. The van der Waals surface area contributed by atoms with Gasteiger partial charge in [0, 0.05) is 11.6 Å². The number of hydrogen-bond acceptors (Lipinski definition) is 3. The highest BCUT2D eigenvalue weighted by Crippen LogP contribution is 2.16. The van der Waals surface area contributed by atoms with Gasteiger partial charge in [0.15, 0.2) is 0 Å². The molecule has 0 aliphatic heterocycles. The summed E-state index contributed by atoms with van der Waals surface area (Å²) < 4.78 is 32.5. The van der Waals surface area contributed by atoms with Crippen LogP contribution in [0.3, 0.4) is 0 Å². The first-order valence-corrected chi connectivity index (χ1v) is 9.34. The second-order valence-corrected chi connectivity index (χ2v) is 7.76. The summed E-state index contributed by atoms with van der Waals surface area (Å²) in [5.41, 5.74) is 1.54. The van der Waals surface area contributed by atoms with E-state index >= 15 is 0 Å². The minimum Gasteiger partial charge on any atom is -0.491 e. The largest absolute Gasteiger partial charge is 0.491 e. The van der Waals surface area contributed by atoms with Gasteiger partial charge in [-0.05, 0) is 49.2 Å². The second-order valence-electron chi connectivity index (χ2n) is 5.52. The molecule has 2 aromatic rings. The van der Waals surface area contributed by atoms with Crippen LogP contribution in [0.15, 0.2) is 48.5 Å². The molecule has 2 rings (SSSR count). The molecule has 124 valence electrons. The zero-order chi connectivity index (χ0) is 16.9. The molecule has 0 heterocycles. The number of rotatable bonds is 7. The molecule has 0 spiro atoms. The molecule has 0 saturated carbocycles. The van der Waals surface area contributed by atoms with E-state index < -0.39 is 10.0 Å². The Balaban J connectivity index is 1.97. The number of hydrogen-bond donors (Lipinski definition) is 1. The van der Waals surface area contributed by atoms with Crippen molar-refractivity contribution in [3.8, 4) is 5.75 Å². The van der Waals surface area contributed by atoms with Crippen LogP contribution in [-0.2, 0) is 22.3 Å². The minimum absolute atomic E-state index is 0.0758. The number of ether oxygens (including phenoxy) is 1. The van der Waals surface area contributed by atoms with E-state index in [4.69, 9.17) is 16.3 Å². The van der Waals surface area contributed by atoms with Crippen LogP contribution in [0.1, 0.15) is 25.0 Å². The number of nitrogens with one attached hydrogen (secondary N) is 1. The maximum absolute atomic E-state index is 12.1. The summed E-state index contributed by atoms with van der Waals surface area (Å²) in [6, 6.07) is 14.2. The fourth-order valence-corrected chi connectivity index (χ4v) is 3.29. The monoisotopic (exact) mass is 353 g/mol. The van der Waals surface area contributed by atoms with E-state index in [1.807, 2.05) is 38.1 Å². The second kappa shape index (κ2) is 7.81. The lowest BCUT2D eigenvalue weighted by Gasteiger charge is -2.11. The number of halogens is 1. The van der Waals surface area contributed by atoms with Gasteiger partial charge in [0.25, 0.3) is 0 Å². The standard InChI is InChI=1S/C17H20ClNO3S/c1-13(2)22-17-5-3-4-15(10-17)11-19-23(20,21)12-14-6-8-16(18)9-7-14/h3-10,13,19H,11-12H2,1-2H3. The Hall–Kier alpha value is -1.56. The van der Waals surface area contributed by atoms with E-state index in [2.05, 4.69) is 4.72 Å². The Morgan fingerprint density at radius 2 is 1.78 bits per heavy atom. The molecule has 0 atom stereocenters. The lowest BCUT2D eigenvalue weighted by Crippen LogP contribution is -2.24. The molecule has 4 nitrogen and oxygen atoms in total. The van der Waals surface area contributed by atoms with Gasteiger partial charge in [0.2, 0.25) is 10.0 Å². The molecule has 0 bridgehead atoms. The molecule has 6 heteroatoms. The molecule has 0 aliphatic rings. The molecule has 0 saturated heterocycles. The predicted molar refractivity (Wildman–Crippen MR) is 93.1 cm³/mol. The van der Waals surface area contributed by atoms with E-state index in [0.29, 0.717) is 10.6 Å². The molecule has 0 aliphatic carbocycles. The lowest BCUT2D eigenvalue weighted by molar-refractivity contribution is 0.242. The summed E-state index contributed by atoms with van der Waals surface area (Å²) in [6.45, 7) is 4.12. The minimum atomic E-state index is -3.42. The van der Waals surface area contributed by atoms with Gasteiger partial charge >= 0.3 is 0 Å². The van der Waals surface area contributed by atoms with Crippen molar-refractivity contribution < 1.29 is 13.2 Å². The maximum Gasteiger partial charge on any atom is 0.216 e. The van der Waals surface area contributed by atoms with Gasteiger partial charge < -0.3 is 4.74 Å². The first kappa shape index (κ1) is 17.8. The van der Waals surface area contributed by atoms with Crippen molar-refractivity contribution in [1.82, 2.24) is 4.72 Å². The number of sulfonamides is 1. The molecular formula is C17H20ClNO3S. The zero-order valence-corrected chi connectivity index (χ0v) is 14.7. The van der Waals surface area contributed by atoms with Crippen LogP contribution in [0, 0.1) is 0 Å².